The Bertz CT molecular complexity index is 1080. The molecule has 0 spiro atoms. The standard InChI is InChI=1S/C21H23FN4O4S2/c1-4-15-10-16(20(28)29-5-2)19(32-15)23-18(27)12-31-21-25-24-17(26(21)3)11-30-14-8-6-13(22)7-9-14/h6-10H,4-5,11-12H2,1-3H3,(H,23,27). The van der Waals surface area contributed by atoms with Gasteiger partial charge in [0.2, 0.25) is 5.91 Å². The predicted molar refractivity (Wildman–Crippen MR) is 121 cm³/mol. The van der Waals surface area contributed by atoms with Crippen LogP contribution >= 0.6 is 23.1 Å². The number of hydrogen-bond donors (Lipinski definition) is 1. The van der Waals surface area contributed by atoms with Gasteiger partial charge in [-0.25, -0.2) is 9.18 Å². The zero-order valence-corrected chi connectivity index (χ0v) is 19.5. The third kappa shape index (κ3) is 6.07. The Balaban J connectivity index is 1.57. The first-order chi connectivity index (χ1) is 15.4. The number of thiophene rings is 1. The molecule has 170 valence electrons. The number of amides is 1. The number of ether oxygens (including phenoxy) is 2. The Morgan fingerprint density at radius 3 is 2.66 bits per heavy atom. The largest absolute Gasteiger partial charge is 0.486 e. The van der Waals surface area contributed by atoms with Crippen LogP contribution in [0.2, 0.25) is 0 Å². The van der Waals surface area contributed by atoms with Gasteiger partial charge in [-0.1, -0.05) is 18.7 Å². The lowest BCUT2D eigenvalue weighted by Gasteiger charge is -2.07. The molecule has 0 fully saturated rings. The molecule has 1 amide bonds. The molecule has 0 aliphatic rings. The van der Waals surface area contributed by atoms with Crippen molar-refractivity contribution in [2.24, 2.45) is 7.05 Å². The fourth-order valence-electron chi connectivity index (χ4n) is 2.64. The van der Waals surface area contributed by atoms with Gasteiger partial charge in [0, 0.05) is 11.9 Å². The summed E-state index contributed by atoms with van der Waals surface area (Å²) in [5.41, 5.74) is 0.367. The van der Waals surface area contributed by atoms with E-state index in [-0.39, 0.29) is 30.7 Å². The van der Waals surface area contributed by atoms with Gasteiger partial charge in [-0.05, 0) is 43.7 Å². The van der Waals surface area contributed by atoms with Crippen LogP contribution in [0.1, 0.15) is 34.9 Å². The van der Waals surface area contributed by atoms with Crippen molar-refractivity contribution in [3.8, 4) is 5.75 Å². The highest BCUT2D eigenvalue weighted by atomic mass is 32.2. The minimum Gasteiger partial charge on any atom is -0.486 e. The van der Waals surface area contributed by atoms with Crippen molar-refractivity contribution in [2.75, 3.05) is 17.7 Å². The molecule has 11 heteroatoms. The summed E-state index contributed by atoms with van der Waals surface area (Å²) in [6, 6.07) is 7.45. The molecule has 0 aliphatic carbocycles. The van der Waals surface area contributed by atoms with Crippen molar-refractivity contribution in [2.45, 2.75) is 32.0 Å². The molecule has 0 radical (unpaired) electrons. The van der Waals surface area contributed by atoms with Crippen LogP contribution < -0.4 is 10.1 Å². The Hall–Kier alpha value is -2.92. The molecule has 1 N–H and O–H groups in total. The van der Waals surface area contributed by atoms with Crippen LogP contribution in [0.15, 0.2) is 35.5 Å². The third-order valence-corrected chi connectivity index (χ3v) is 6.53. The lowest BCUT2D eigenvalue weighted by atomic mass is 10.2. The van der Waals surface area contributed by atoms with E-state index < -0.39 is 5.97 Å². The van der Waals surface area contributed by atoms with Crippen molar-refractivity contribution in [1.29, 1.82) is 0 Å². The molecule has 32 heavy (non-hydrogen) atoms. The number of carbonyl (C=O) groups is 2. The zero-order valence-electron chi connectivity index (χ0n) is 17.9. The first-order valence-electron chi connectivity index (χ1n) is 9.90. The number of nitrogens with one attached hydrogen (secondary N) is 1. The van der Waals surface area contributed by atoms with Gasteiger partial charge in [0.25, 0.3) is 0 Å². The molecule has 0 saturated heterocycles. The molecular weight excluding hydrogens is 455 g/mol. The number of anilines is 1. The monoisotopic (exact) mass is 478 g/mol. The van der Waals surface area contributed by atoms with Gasteiger partial charge in [0.05, 0.1) is 17.9 Å². The van der Waals surface area contributed by atoms with E-state index in [2.05, 4.69) is 15.5 Å². The number of halogens is 1. The van der Waals surface area contributed by atoms with Gasteiger partial charge in [-0.2, -0.15) is 0 Å². The molecule has 2 heterocycles. The number of esters is 1. The quantitative estimate of drug-likeness (QED) is 0.347. The van der Waals surface area contributed by atoms with E-state index in [1.165, 1.54) is 47.4 Å². The molecule has 0 atom stereocenters. The van der Waals surface area contributed by atoms with Crippen molar-refractivity contribution in [3.05, 3.63) is 52.4 Å². The first kappa shape index (κ1) is 23.7. The number of hydrogen-bond acceptors (Lipinski definition) is 8. The van der Waals surface area contributed by atoms with Crippen LogP contribution in [-0.4, -0.2) is 39.0 Å². The molecule has 3 rings (SSSR count). The highest BCUT2D eigenvalue weighted by Gasteiger charge is 2.19. The average Bonchev–Trinajstić information content (AvgIpc) is 3.35. The van der Waals surface area contributed by atoms with E-state index in [9.17, 15) is 14.0 Å². The van der Waals surface area contributed by atoms with Crippen molar-refractivity contribution < 1.29 is 23.5 Å². The zero-order chi connectivity index (χ0) is 23.1. The summed E-state index contributed by atoms with van der Waals surface area (Å²) in [7, 11) is 1.77. The van der Waals surface area contributed by atoms with E-state index in [1.54, 1.807) is 24.6 Å². The summed E-state index contributed by atoms with van der Waals surface area (Å²) in [4.78, 5) is 25.6. The number of aromatic nitrogens is 3. The van der Waals surface area contributed by atoms with Gasteiger partial charge < -0.3 is 19.4 Å². The van der Waals surface area contributed by atoms with Crippen molar-refractivity contribution in [3.63, 3.8) is 0 Å². The normalized spacial score (nSPS) is 10.8. The second-order valence-electron chi connectivity index (χ2n) is 6.57. The molecule has 0 bridgehead atoms. The molecule has 1 aromatic carbocycles. The summed E-state index contributed by atoms with van der Waals surface area (Å²) >= 11 is 2.58. The maximum atomic E-state index is 13.0. The van der Waals surface area contributed by atoms with Gasteiger partial charge >= 0.3 is 5.97 Å². The minimum atomic E-state index is -0.453. The number of rotatable bonds is 10. The fourth-order valence-corrected chi connectivity index (χ4v) is 4.37. The SMILES string of the molecule is CCOC(=O)c1cc(CC)sc1NC(=O)CSc1nnc(COc2ccc(F)cc2)n1C. The molecule has 0 saturated carbocycles. The lowest BCUT2D eigenvalue weighted by molar-refractivity contribution is -0.113. The number of thioether (sulfide) groups is 1. The van der Waals surface area contributed by atoms with E-state index in [4.69, 9.17) is 9.47 Å². The van der Waals surface area contributed by atoms with E-state index in [0.29, 0.717) is 27.3 Å². The maximum Gasteiger partial charge on any atom is 0.341 e. The third-order valence-electron chi connectivity index (χ3n) is 4.32. The highest BCUT2D eigenvalue weighted by molar-refractivity contribution is 7.99. The highest BCUT2D eigenvalue weighted by Crippen LogP contribution is 2.30. The van der Waals surface area contributed by atoms with Crippen LogP contribution in [0.5, 0.6) is 5.75 Å². The molecule has 0 unspecified atom stereocenters. The first-order valence-corrected chi connectivity index (χ1v) is 11.7. The topological polar surface area (TPSA) is 95.3 Å². The number of nitrogens with zero attached hydrogens (tertiary/aromatic N) is 3. The molecular formula is C21H23FN4O4S2. The Kier molecular flexibility index (Phi) is 8.23. The van der Waals surface area contributed by atoms with Gasteiger partial charge in [0.15, 0.2) is 11.0 Å². The van der Waals surface area contributed by atoms with Crippen LogP contribution in [0.4, 0.5) is 9.39 Å². The molecule has 2 aromatic heterocycles. The average molecular weight is 479 g/mol. The van der Waals surface area contributed by atoms with E-state index in [0.717, 1.165) is 11.3 Å². The fraction of sp³-hybridized carbons (Fsp3) is 0.333. The summed E-state index contributed by atoms with van der Waals surface area (Å²) in [6.45, 7) is 4.13. The number of aryl methyl sites for hydroxylation is 1. The van der Waals surface area contributed by atoms with Crippen molar-refractivity contribution in [1.82, 2.24) is 14.8 Å². The molecule has 3 aromatic rings. The van der Waals surface area contributed by atoms with Crippen LogP contribution in [0, 0.1) is 5.82 Å². The maximum absolute atomic E-state index is 13.0. The van der Waals surface area contributed by atoms with Crippen LogP contribution in [-0.2, 0) is 29.6 Å². The summed E-state index contributed by atoms with van der Waals surface area (Å²) < 4.78 is 25.4. The second kappa shape index (κ2) is 11.1. The number of benzene rings is 1. The van der Waals surface area contributed by atoms with E-state index in [1.807, 2.05) is 6.92 Å². The molecule has 8 nitrogen and oxygen atoms in total. The smallest absolute Gasteiger partial charge is 0.341 e. The van der Waals surface area contributed by atoms with Crippen molar-refractivity contribution >= 4 is 40.0 Å². The van der Waals surface area contributed by atoms with Gasteiger partial charge in [0.1, 0.15) is 23.2 Å². The van der Waals surface area contributed by atoms with Crippen LogP contribution in [0.25, 0.3) is 0 Å². The Labute approximate surface area is 193 Å². The molecule has 0 aliphatic heterocycles. The van der Waals surface area contributed by atoms with Crippen LogP contribution in [0.3, 0.4) is 0 Å². The second-order valence-corrected chi connectivity index (χ2v) is 8.65. The number of carbonyl (C=O) groups excluding carboxylic acids is 2. The van der Waals surface area contributed by atoms with Gasteiger partial charge in [-0.3, -0.25) is 4.79 Å². The Morgan fingerprint density at radius 1 is 1.22 bits per heavy atom. The summed E-state index contributed by atoms with van der Waals surface area (Å²) in [6.07, 6.45) is 0.753. The minimum absolute atomic E-state index is 0.0897. The Morgan fingerprint density at radius 2 is 1.97 bits per heavy atom. The van der Waals surface area contributed by atoms with E-state index >= 15 is 0 Å². The van der Waals surface area contributed by atoms with Gasteiger partial charge in [-0.15, -0.1) is 21.5 Å². The predicted octanol–water partition coefficient (Wildman–Crippen LogP) is 4.06. The summed E-state index contributed by atoms with van der Waals surface area (Å²) in [5.74, 6) is 0.112. The lowest BCUT2D eigenvalue weighted by Crippen LogP contribution is -2.16. The summed E-state index contributed by atoms with van der Waals surface area (Å²) in [5, 5.41) is 12.0.